The molecule has 0 aliphatic rings. The lowest BCUT2D eigenvalue weighted by molar-refractivity contribution is 0.370. The number of hydrogen-bond donors (Lipinski definition) is 2. The van der Waals surface area contributed by atoms with Crippen LogP contribution in [0.2, 0.25) is 0 Å². The highest BCUT2D eigenvalue weighted by molar-refractivity contribution is 5.49. The molecule has 3 nitrogen and oxygen atoms in total. The van der Waals surface area contributed by atoms with E-state index in [9.17, 15) is 5.11 Å². The second-order valence-corrected chi connectivity index (χ2v) is 3.92. The molecule has 3 N–H and O–H groups in total. The van der Waals surface area contributed by atoms with Crippen LogP contribution in [0, 0.1) is 0 Å². The minimum absolute atomic E-state index is 0.215. The second-order valence-electron chi connectivity index (χ2n) is 3.92. The van der Waals surface area contributed by atoms with Crippen molar-refractivity contribution in [3.05, 3.63) is 23.3 Å². The summed E-state index contributed by atoms with van der Waals surface area (Å²) in [5.74, 6) is 1.16. The lowest BCUT2D eigenvalue weighted by Gasteiger charge is -2.13. The van der Waals surface area contributed by atoms with Crippen molar-refractivity contribution in [1.82, 2.24) is 0 Å². The number of aromatic hydroxyl groups is 1. The maximum absolute atomic E-state index is 9.85. The van der Waals surface area contributed by atoms with Gasteiger partial charge in [-0.1, -0.05) is 19.9 Å². The summed E-state index contributed by atoms with van der Waals surface area (Å²) in [5.41, 5.74) is 7.52. The van der Waals surface area contributed by atoms with Gasteiger partial charge in [-0.3, -0.25) is 0 Å². The Balaban J connectivity index is 3.19. The molecule has 1 aromatic carbocycles. The first kappa shape index (κ1) is 11.9. The van der Waals surface area contributed by atoms with Crippen molar-refractivity contribution >= 4 is 0 Å². The highest BCUT2D eigenvalue weighted by atomic mass is 16.5. The molecule has 0 aromatic heterocycles. The van der Waals surface area contributed by atoms with Crippen molar-refractivity contribution in [2.75, 3.05) is 13.7 Å². The van der Waals surface area contributed by atoms with E-state index in [0.29, 0.717) is 24.6 Å². The number of ether oxygens (including phenoxy) is 1. The maximum atomic E-state index is 9.85. The van der Waals surface area contributed by atoms with Crippen molar-refractivity contribution in [3.8, 4) is 11.5 Å². The zero-order chi connectivity index (χ0) is 11.4. The molecule has 0 aliphatic heterocycles. The van der Waals surface area contributed by atoms with Gasteiger partial charge in [-0.15, -0.1) is 0 Å². The van der Waals surface area contributed by atoms with Crippen molar-refractivity contribution in [1.29, 1.82) is 0 Å². The molecule has 1 aromatic rings. The Kier molecular flexibility index (Phi) is 3.97. The number of phenolic OH excluding ortho intramolecular Hbond substituents is 1. The Hall–Kier alpha value is -1.22. The van der Waals surface area contributed by atoms with Crippen LogP contribution in [0.3, 0.4) is 0 Å². The number of rotatable bonds is 4. The first-order chi connectivity index (χ1) is 7.10. The van der Waals surface area contributed by atoms with Gasteiger partial charge in [0.2, 0.25) is 0 Å². The normalized spacial score (nSPS) is 10.7. The Labute approximate surface area is 90.9 Å². The molecule has 3 heteroatoms. The van der Waals surface area contributed by atoms with Crippen LogP contribution < -0.4 is 10.5 Å². The van der Waals surface area contributed by atoms with E-state index in [4.69, 9.17) is 10.5 Å². The molecule has 0 saturated carbocycles. The van der Waals surface area contributed by atoms with Crippen LogP contribution in [0.4, 0.5) is 0 Å². The van der Waals surface area contributed by atoms with E-state index in [1.54, 1.807) is 7.11 Å². The molecule has 0 unspecified atom stereocenters. The van der Waals surface area contributed by atoms with Crippen LogP contribution in [0.5, 0.6) is 11.5 Å². The van der Waals surface area contributed by atoms with Crippen LogP contribution in [0.1, 0.15) is 30.9 Å². The van der Waals surface area contributed by atoms with Crippen LogP contribution >= 0.6 is 0 Å². The van der Waals surface area contributed by atoms with Gasteiger partial charge >= 0.3 is 0 Å². The summed E-state index contributed by atoms with van der Waals surface area (Å²) in [6.07, 6.45) is 0.669. The quantitative estimate of drug-likeness (QED) is 0.797. The summed E-state index contributed by atoms with van der Waals surface area (Å²) in [6.45, 7) is 4.74. The van der Waals surface area contributed by atoms with Crippen molar-refractivity contribution in [2.24, 2.45) is 5.73 Å². The zero-order valence-electron chi connectivity index (χ0n) is 9.58. The van der Waals surface area contributed by atoms with Gasteiger partial charge in [-0.05, 0) is 36.1 Å². The molecule has 0 bridgehead atoms. The number of phenols is 1. The average molecular weight is 209 g/mol. The van der Waals surface area contributed by atoms with Crippen molar-refractivity contribution in [3.63, 3.8) is 0 Å². The zero-order valence-corrected chi connectivity index (χ0v) is 9.58. The Bertz CT molecular complexity index is 335. The largest absolute Gasteiger partial charge is 0.504 e. The minimum Gasteiger partial charge on any atom is -0.504 e. The molecule has 1 rings (SSSR count). The summed E-state index contributed by atoms with van der Waals surface area (Å²) < 4.78 is 5.13. The first-order valence-electron chi connectivity index (χ1n) is 5.20. The monoisotopic (exact) mass is 209 g/mol. The fraction of sp³-hybridized carbons (Fsp3) is 0.500. The highest BCUT2D eigenvalue weighted by Crippen LogP contribution is 2.33. The van der Waals surface area contributed by atoms with E-state index in [0.717, 1.165) is 11.1 Å². The smallest absolute Gasteiger partial charge is 0.161 e. The molecule has 0 aliphatic carbocycles. The number of methoxy groups -OCH3 is 1. The molecule has 0 amide bonds. The third-order valence-corrected chi connectivity index (χ3v) is 2.48. The van der Waals surface area contributed by atoms with E-state index in [1.165, 1.54) is 0 Å². The summed E-state index contributed by atoms with van der Waals surface area (Å²) in [6, 6.07) is 3.87. The van der Waals surface area contributed by atoms with Crippen molar-refractivity contribution in [2.45, 2.75) is 26.2 Å². The molecule has 84 valence electrons. The summed E-state index contributed by atoms with van der Waals surface area (Å²) in [7, 11) is 1.56. The Morgan fingerprint density at radius 2 is 2.07 bits per heavy atom. The third kappa shape index (κ3) is 2.63. The lowest BCUT2D eigenvalue weighted by Crippen LogP contribution is -2.04. The molecule has 0 saturated heterocycles. The molecular weight excluding hydrogens is 190 g/mol. The third-order valence-electron chi connectivity index (χ3n) is 2.48. The summed E-state index contributed by atoms with van der Waals surface area (Å²) in [4.78, 5) is 0. The van der Waals surface area contributed by atoms with Gasteiger partial charge in [0.1, 0.15) is 0 Å². The molecule has 0 heterocycles. The first-order valence-corrected chi connectivity index (χ1v) is 5.20. The van der Waals surface area contributed by atoms with Gasteiger partial charge in [0.15, 0.2) is 11.5 Å². The molecule has 0 atom stereocenters. The standard InChI is InChI=1S/C12H19NO2/c1-8(2)10-6-9(4-5-13)12(14)11(7-10)15-3/h6-8,14H,4-5,13H2,1-3H3. The van der Waals surface area contributed by atoms with Gasteiger partial charge in [-0.2, -0.15) is 0 Å². The molecule has 0 spiro atoms. The van der Waals surface area contributed by atoms with E-state index in [-0.39, 0.29) is 5.75 Å². The molecule has 0 fully saturated rings. The van der Waals surface area contributed by atoms with Crippen LogP contribution in [-0.2, 0) is 6.42 Å². The van der Waals surface area contributed by atoms with E-state index < -0.39 is 0 Å². The minimum atomic E-state index is 0.215. The van der Waals surface area contributed by atoms with Gasteiger partial charge in [-0.25, -0.2) is 0 Å². The fourth-order valence-corrected chi connectivity index (χ4v) is 1.52. The predicted octanol–water partition coefficient (Wildman–Crippen LogP) is 2.03. The van der Waals surface area contributed by atoms with Crippen molar-refractivity contribution < 1.29 is 9.84 Å². The maximum Gasteiger partial charge on any atom is 0.161 e. The summed E-state index contributed by atoms with van der Waals surface area (Å²) in [5, 5.41) is 9.85. The summed E-state index contributed by atoms with van der Waals surface area (Å²) >= 11 is 0. The van der Waals surface area contributed by atoms with Gasteiger partial charge < -0.3 is 15.6 Å². The van der Waals surface area contributed by atoms with Gasteiger partial charge in [0.25, 0.3) is 0 Å². The fourth-order valence-electron chi connectivity index (χ4n) is 1.52. The topological polar surface area (TPSA) is 55.5 Å². The molecule has 15 heavy (non-hydrogen) atoms. The molecular formula is C12H19NO2. The number of benzene rings is 1. The predicted molar refractivity (Wildman–Crippen MR) is 61.5 cm³/mol. The average Bonchev–Trinajstić information content (AvgIpc) is 2.21. The van der Waals surface area contributed by atoms with Crippen LogP contribution in [0.25, 0.3) is 0 Å². The lowest BCUT2D eigenvalue weighted by atomic mass is 9.98. The number of nitrogens with two attached hydrogens (primary N) is 1. The second kappa shape index (κ2) is 5.03. The SMILES string of the molecule is COc1cc(C(C)C)cc(CCN)c1O. The van der Waals surface area contributed by atoms with E-state index >= 15 is 0 Å². The Morgan fingerprint density at radius 3 is 2.53 bits per heavy atom. The van der Waals surface area contributed by atoms with E-state index in [1.807, 2.05) is 12.1 Å². The van der Waals surface area contributed by atoms with Gasteiger partial charge in [0.05, 0.1) is 7.11 Å². The van der Waals surface area contributed by atoms with Gasteiger partial charge in [0, 0.05) is 0 Å². The molecule has 0 radical (unpaired) electrons. The Morgan fingerprint density at radius 1 is 1.40 bits per heavy atom. The highest BCUT2D eigenvalue weighted by Gasteiger charge is 2.11. The van der Waals surface area contributed by atoms with Crippen LogP contribution in [0.15, 0.2) is 12.1 Å². The van der Waals surface area contributed by atoms with Crippen LogP contribution in [-0.4, -0.2) is 18.8 Å². The number of hydrogen-bond acceptors (Lipinski definition) is 3. The van der Waals surface area contributed by atoms with E-state index in [2.05, 4.69) is 13.8 Å².